The number of aryl methyl sites for hydroxylation is 2. The van der Waals surface area contributed by atoms with Crippen molar-refractivity contribution in [3.8, 4) is 5.75 Å². The second-order valence-corrected chi connectivity index (χ2v) is 5.32. The number of methoxy groups -OCH3 is 1. The first-order valence-electron chi connectivity index (χ1n) is 7.21. The van der Waals surface area contributed by atoms with E-state index in [2.05, 4.69) is 36.4 Å². The molecule has 1 aromatic carbocycles. The molecule has 1 unspecified atom stereocenters. The minimum atomic E-state index is 0.0309. The van der Waals surface area contributed by atoms with Gasteiger partial charge in [-0.1, -0.05) is 30.7 Å². The summed E-state index contributed by atoms with van der Waals surface area (Å²) in [7, 11) is 1.68. The Balaban J connectivity index is 2.52. The summed E-state index contributed by atoms with van der Waals surface area (Å²) in [6.45, 7) is 7.84. The maximum absolute atomic E-state index is 6.14. The van der Waals surface area contributed by atoms with Crippen LogP contribution in [0.5, 0.6) is 5.75 Å². The van der Waals surface area contributed by atoms with Crippen LogP contribution in [0.1, 0.15) is 36.7 Å². The Morgan fingerprint density at radius 1 is 1.38 bits per heavy atom. The fourth-order valence-corrected chi connectivity index (χ4v) is 2.62. The summed E-state index contributed by atoms with van der Waals surface area (Å²) < 4.78 is 7.45. The van der Waals surface area contributed by atoms with Gasteiger partial charge in [-0.25, -0.2) is 0 Å². The number of hydrogen-bond acceptors (Lipinski definition) is 3. The number of benzene rings is 1. The average molecular weight is 308 g/mol. The van der Waals surface area contributed by atoms with E-state index in [0.717, 1.165) is 40.7 Å². The van der Waals surface area contributed by atoms with Gasteiger partial charge in [0, 0.05) is 11.6 Å². The summed E-state index contributed by atoms with van der Waals surface area (Å²) in [6.07, 6.45) is 1.77. The van der Waals surface area contributed by atoms with Crippen LogP contribution in [0.4, 0.5) is 0 Å². The zero-order valence-electron chi connectivity index (χ0n) is 13.0. The largest absolute Gasteiger partial charge is 0.493 e. The van der Waals surface area contributed by atoms with Crippen LogP contribution in [0.15, 0.2) is 24.4 Å². The normalized spacial score (nSPS) is 12.4. The van der Waals surface area contributed by atoms with Crippen LogP contribution in [0.2, 0.25) is 5.02 Å². The van der Waals surface area contributed by atoms with E-state index in [4.69, 9.17) is 16.3 Å². The fraction of sp³-hybridized carbons (Fsp3) is 0.438. The number of nitrogens with zero attached hydrogens (tertiary/aromatic N) is 2. The van der Waals surface area contributed by atoms with Gasteiger partial charge in [0.2, 0.25) is 0 Å². The lowest BCUT2D eigenvalue weighted by Gasteiger charge is -2.21. The minimum Gasteiger partial charge on any atom is -0.493 e. The second-order valence-electron chi connectivity index (χ2n) is 4.91. The molecular formula is C16H22ClN3O. The number of halogens is 1. The number of aromatic nitrogens is 2. The van der Waals surface area contributed by atoms with Gasteiger partial charge in [-0.15, -0.1) is 0 Å². The lowest BCUT2D eigenvalue weighted by molar-refractivity contribution is 0.399. The highest BCUT2D eigenvalue weighted by molar-refractivity contribution is 6.31. The van der Waals surface area contributed by atoms with Gasteiger partial charge in [-0.3, -0.25) is 4.68 Å². The molecular weight excluding hydrogens is 286 g/mol. The van der Waals surface area contributed by atoms with Crippen LogP contribution in [0.25, 0.3) is 0 Å². The summed E-state index contributed by atoms with van der Waals surface area (Å²) in [6, 6.07) is 6.13. The molecule has 21 heavy (non-hydrogen) atoms. The molecule has 5 heteroatoms. The van der Waals surface area contributed by atoms with Crippen molar-refractivity contribution in [1.82, 2.24) is 15.1 Å². The molecule has 1 heterocycles. The smallest absolute Gasteiger partial charge is 0.161 e. The van der Waals surface area contributed by atoms with Crippen LogP contribution in [-0.4, -0.2) is 23.4 Å². The Morgan fingerprint density at radius 3 is 2.71 bits per heavy atom. The lowest BCUT2D eigenvalue weighted by atomic mass is 10.0. The molecule has 0 fully saturated rings. The molecule has 2 rings (SSSR count). The molecule has 114 valence electrons. The molecule has 0 saturated heterocycles. The number of hydrogen-bond donors (Lipinski definition) is 1. The summed E-state index contributed by atoms with van der Waals surface area (Å²) in [5.74, 6) is 0.801. The van der Waals surface area contributed by atoms with Gasteiger partial charge >= 0.3 is 0 Å². The molecule has 0 bridgehead atoms. The Kier molecular flexibility index (Phi) is 5.26. The Morgan fingerprint density at radius 2 is 2.14 bits per heavy atom. The zero-order valence-corrected chi connectivity index (χ0v) is 13.7. The molecule has 0 saturated carbocycles. The van der Waals surface area contributed by atoms with Crippen molar-refractivity contribution in [2.45, 2.75) is 33.4 Å². The molecule has 1 N–H and O–H groups in total. The molecule has 0 amide bonds. The van der Waals surface area contributed by atoms with Crippen molar-refractivity contribution >= 4 is 11.6 Å². The summed E-state index contributed by atoms with van der Waals surface area (Å²) in [5.41, 5.74) is 3.27. The van der Waals surface area contributed by atoms with Crippen molar-refractivity contribution in [2.75, 3.05) is 13.7 Å². The number of nitrogens with one attached hydrogen (secondary N) is 1. The molecule has 0 radical (unpaired) electrons. The van der Waals surface area contributed by atoms with Gasteiger partial charge in [-0.05, 0) is 37.6 Å². The van der Waals surface area contributed by atoms with Crippen LogP contribution in [-0.2, 0) is 6.54 Å². The summed E-state index contributed by atoms with van der Waals surface area (Å²) in [4.78, 5) is 0. The van der Waals surface area contributed by atoms with Crippen molar-refractivity contribution in [1.29, 1.82) is 0 Å². The topological polar surface area (TPSA) is 39.1 Å². The number of rotatable bonds is 6. The van der Waals surface area contributed by atoms with Crippen LogP contribution in [0, 0.1) is 6.92 Å². The number of ether oxygens (including phenoxy) is 1. The monoisotopic (exact) mass is 307 g/mol. The van der Waals surface area contributed by atoms with Crippen molar-refractivity contribution < 1.29 is 4.74 Å². The Bertz CT molecular complexity index is 588. The van der Waals surface area contributed by atoms with Gasteiger partial charge in [0.05, 0.1) is 19.3 Å². The van der Waals surface area contributed by atoms with E-state index in [1.807, 2.05) is 17.7 Å². The van der Waals surface area contributed by atoms with Crippen molar-refractivity contribution in [3.05, 3.63) is 46.2 Å². The Hall–Kier alpha value is -1.52. The van der Waals surface area contributed by atoms with E-state index in [9.17, 15) is 0 Å². The third kappa shape index (κ3) is 3.22. The van der Waals surface area contributed by atoms with Crippen LogP contribution < -0.4 is 10.1 Å². The van der Waals surface area contributed by atoms with Crippen molar-refractivity contribution in [3.63, 3.8) is 0 Å². The molecule has 1 atom stereocenters. The van der Waals surface area contributed by atoms with Crippen LogP contribution in [0.3, 0.4) is 0 Å². The predicted octanol–water partition coefficient (Wildman–Crippen LogP) is 3.57. The highest BCUT2D eigenvalue weighted by atomic mass is 35.5. The van der Waals surface area contributed by atoms with Gasteiger partial charge in [0.15, 0.2) is 5.75 Å². The third-order valence-electron chi connectivity index (χ3n) is 3.56. The second kappa shape index (κ2) is 6.96. The fourth-order valence-electron chi connectivity index (χ4n) is 2.50. The zero-order chi connectivity index (χ0) is 15.4. The van der Waals surface area contributed by atoms with Gasteiger partial charge < -0.3 is 10.1 Å². The van der Waals surface area contributed by atoms with E-state index in [0.29, 0.717) is 0 Å². The SMILES string of the molecule is CCNC(c1ccc(Cl)c(C)c1)c1c(OC)cnn1CC. The summed E-state index contributed by atoms with van der Waals surface area (Å²) >= 11 is 6.14. The van der Waals surface area contributed by atoms with Gasteiger partial charge in [0.25, 0.3) is 0 Å². The third-order valence-corrected chi connectivity index (χ3v) is 3.99. The Labute approximate surface area is 131 Å². The maximum Gasteiger partial charge on any atom is 0.161 e. The highest BCUT2D eigenvalue weighted by Crippen LogP contribution is 2.31. The van der Waals surface area contributed by atoms with Crippen molar-refractivity contribution in [2.24, 2.45) is 0 Å². The molecule has 0 aliphatic rings. The quantitative estimate of drug-likeness (QED) is 0.886. The van der Waals surface area contributed by atoms with E-state index < -0.39 is 0 Å². The van der Waals surface area contributed by atoms with Gasteiger partial charge in [-0.2, -0.15) is 5.10 Å². The lowest BCUT2D eigenvalue weighted by Crippen LogP contribution is -2.25. The standard InChI is InChI=1S/C16H22ClN3O/c1-5-18-15(12-7-8-13(17)11(3)9-12)16-14(21-4)10-19-20(16)6-2/h7-10,15,18H,5-6H2,1-4H3. The van der Waals surface area contributed by atoms with E-state index >= 15 is 0 Å². The molecule has 4 nitrogen and oxygen atoms in total. The molecule has 0 spiro atoms. The first kappa shape index (κ1) is 15.9. The minimum absolute atomic E-state index is 0.0309. The maximum atomic E-state index is 6.14. The first-order valence-corrected chi connectivity index (χ1v) is 7.59. The predicted molar refractivity (Wildman–Crippen MR) is 86.2 cm³/mol. The molecule has 1 aromatic heterocycles. The van der Waals surface area contributed by atoms with E-state index in [1.54, 1.807) is 13.3 Å². The van der Waals surface area contributed by atoms with E-state index in [1.165, 1.54) is 0 Å². The van der Waals surface area contributed by atoms with Gasteiger partial charge in [0.1, 0.15) is 5.69 Å². The molecule has 0 aliphatic carbocycles. The van der Waals surface area contributed by atoms with E-state index in [-0.39, 0.29) is 6.04 Å². The molecule has 2 aromatic rings. The molecule has 0 aliphatic heterocycles. The average Bonchev–Trinajstić information content (AvgIpc) is 2.90. The highest BCUT2D eigenvalue weighted by Gasteiger charge is 2.22. The first-order chi connectivity index (χ1) is 10.1. The summed E-state index contributed by atoms with van der Waals surface area (Å²) in [5, 5.41) is 8.70. The van der Waals surface area contributed by atoms with Crippen LogP contribution >= 0.6 is 11.6 Å².